The first-order valence-corrected chi connectivity index (χ1v) is 10.9. The van der Waals surface area contributed by atoms with Crippen molar-refractivity contribution >= 4 is 33.2 Å². The molecule has 2 heterocycles. The Morgan fingerprint density at radius 3 is 2.43 bits per heavy atom. The van der Waals surface area contributed by atoms with E-state index < -0.39 is 15.7 Å². The number of urea groups is 1. The van der Waals surface area contributed by atoms with Gasteiger partial charge in [0.05, 0.1) is 4.90 Å². The van der Waals surface area contributed by atoms with Gasteiger partial charge in [0, 0.05) is 24.5 Å². The number of anilines is 2. The van der Waals surface area contributed by atoms with Crippen LogP contribution in [0.3, 0.4) is 0 Å². The molecule has 0 atom stereocenters. The molecule has 0 saturated carbocycles. The first-order valence-electron chi connectivity index (χ1n) is 9.26. The van der Waals surface area contributed by atoms with Crippen LogP contribution in [0.15, 0.2) is 76.0 Å². The van der Waals surface area contributed by atoms with Gasteiger partial charge in [-0.2, -0.15) is 0 Å². The zero-order chi connectivity index (χ0) is 21.1. The summed E-state index contributed by atoms with van der Waals surface area (Å²) in [6.45, 7) is 1.18. The Balaban J connectivity index is 1.41. The fourth-order valence-corrected chi connectivity index (χ4v) is 4.38. The zero-order valence-electron chi connectivity index (χ0n) is 15.9. The Kier molecular flexibility index (Phi) is 5.28. The van der Waals surface area contributed by atoms with E-state index >= 15 is 0 Å². The number of amides is 3. The van der Waals surface area contributed by atoms with Gasteiger partial charge in [-0.25, -0.2) is 13.2 Å². The molecule has 2 aromatic carbocycles. The van der Waals surface area contributed by atoms with Crippen molar-refractivity contribution < 1.29 is 22.4 Å². The zero-order valence-corrected chi connectivity index (χ0v) is 16.7. The summed E-state index contributed by atoms with van der Waals surface area (Å²) >= 11 is 0. The minimum Gasteiger partial charge on any atom is -0.455 e. The van der Waals surface area contributed by atoms with E-state index in [4.69, 9.17) is 4.42 Å². The first-order chi connectivity index (χ1) is 14.4. The highest BCUT2D eigenvalue weighted by atomic mass is 32.2. The molecule has 1 aliphatic rings. The maximum Gasteiger partial charge on any atom is 0.321 e. The molecule has 2 N–H and O–H groups in total. The molecule has 30 heavy (non-hydrogen) atoms. The van der Waals surface area contributed by atoms with Gasteiger partial charge >= 0.3 is 6.03 Å². The normalized spacial score (nSPS) is 13.9. The monoisotopic (exact) mass is 425 g/mol. The average Bonchev–Trinajstić information content (AvgIpc) is 3.38. The van der Waals surface area contributed by atoms with E-state index in [9.17, 15) is 18.0 Å². The lowest BCUT2D eigenvalue weighted by molar-refractivity contribution is 0.0995. The molecule has 0 spiro atoms. The van der Waals surface area contributed by atoms with Crippen molar-refractivity contribution in [3.05, 3.63) is 78.3 Å². The Morgan fingerprint density at radius 2 is 1.77 bits per heavy atom. The van der Waals surface area contributed by atoms with Gasteiger partial charge in [-0.05, 0) is 48.5 Å². The lowest BCUT2D eigenvalue weighted by Gasteiger charge is -2.14. The molecule has 3 aromatic rings. The number of benzene rings is 2. The molecular weight excluding hydrogens is 406 g/mol. The Morgan fingerprint density at radius 1 is 1.03 bits per heavy atom. The van der Waals surface area contributed by atoms with Gasteiger partial charge in [-0.3, -0.25) is 9.69 Å². The number of carbonyl (C=O) groups is 2. The largest absolute Gasteiger partial charge is 0.455 e. The molecule has 1 saturated heterocycles. The molecule has 1 aliphatic heterocycles. The van der Waals surface area contributed by atoms with E-state index in [0.717, 1.165) is 5.69 Å². The lowest BCUT2D eigenvalue weighted by Crippen LogP contribution is -2.27. The Labute approximate surface area is 173 Å². The van der Waals surface area contributed by atoms with Gasteiger partial charge in [0.1, 0.15) is 11.5 Å². The number of nitrogens with zero attached hydrogens (tertiary/aromatic N) is 1. The number of carbonyl (C=O) groups excluding carboxylic acids is 2. The third kappa shape index (κ3) is 4.20. The summed E-state index contributed by atoms with van der Waals surface area (Å²) in [5.74, 6) is -0.641. The molecule has 4 rings (SSSR count). The van der Waals surface area contributed by atoms with Gasteiger partial charge in [-0.1, -0.05) is 18.2 Å². The topological polar surface area (TPSA) is 109 Å². The highest BCUT2D eigenvalue weighted by Crippen LogP contribution is 2.21. The fraction of sp³-hybridized carbons (Fsp3) is 0.143. The summed E-state index contributed by atoms with van der Waals surface area (Å²) in [6.07, 6.45) is 0. The third-order valence-electron chi connectivity index (χ3n) is 4.61. The molecule has 9 heteroatoms. The number of sulfone groups is 1. The quantitative estimate of drug-likeness (QED) is 0.631. The van der Waals surface area contributed by atoms with E-state index in [-0.39, 0.29) is 28.2 Å². The van der Waals surface area contributed by atoms with E-state index in [1.807, 2.05) is 0 Å². The molecule has 0 bridgehead atoms. The van der Waals surface area contributed by atoms with Crippen LogP contribution in [0.4, 0.5) is 16.2 Å². The third-order valence-corrected chi connectivity index (χ3v) is 6.27. The van der Waals surface area contributed by atoms with Crippen LogP contribution in [0.25, 0.3) is 0 Å². The molecule has 154 valence electrons. The lowest BCUT2D eigenvalue weighted by atomic mass is 10.2. The van der Waals surface area contributed by atoms with Crippen LogP contribution in [0.5, 0.6) is 0 Å². The summed E-state index contributed by atoms with van der Waals surface area (Å²) in [5.41, 5.74) is 1.26. The standard InChI is InChI=1S/C21H19N3O5S/c25-20(23-15-6-8-16(9-7-15)24-13-12-22-21(24)26)19-11-10-17(29-19)14-30(27,28)18-4-2-1-3-5-18/h1-11H,12-14H2,(H,22,26)(H,23,25). The van der Waals surface area contributed by atoms with Crippen molar-refractivity contribution in [1.82, 2.24) is 5.32 Å². The number of furan rings is 1. The van der Waals surface area contributed by atoms with Crippen LogP contribution in [0.2, 0.25) is 0 Å². The number of hydrogen-bond donors (Lipinski definition) is 2. The number of hydrogen-bond acceptors (Lipinski definition) is 5. The van der Waals surface area contributed by atoms with Crippen molar-refractivity contribution in [3.63, 3.8) is 0 Å². The predicted octanol–water partition coefficient (Wildman–Crippen LogP) is 3.04. The van der Waals surface area contributed by atoms with E-state index in [1.54, 1.807) is 47.4 Å². The number of rotatable bonds is 6. The van der Waals surface area contributed by atoms with Crippen LogP contribution < -0.4 is 15.5 Å². The minimum absolute atomic E-state index is 0.0104. The number of nitrogens with one attached hydrogen (secondary N) is 2. The van der Waals surface area contributed by atoms with Gasteiger partial charge in [-0.15, -0.1) is 0 Å². The van der Waals surface area contributed by atoms with E-state index in [2.05, 4.69) is 10.6 Å². The summed E-state index contributed by atoms with van der Waals surface area (Å²) in [5, 5.41) is 5.42. The smallest absolute Gasteiger partial charge is 0.321 e. The predicted molar refractivity (Wildman–Crippen MR) is 111 cm³/mol. The van der Waals surface area contributed by atoms with Crippen molar-refractivity contribution in [2.24, 2.45) is 0 Å². The van der Waals surface area contributed by atoms with Crippen LogP contribution in [-0.4, -0.2) is 33.4 Å². The van der Waals surface area contributed by atoms with Crippen molar-refractivity contribution in [3.8, 4) is 0 Å². The molecule has 1 fully saturated rings. The van der Waals surface area contributed by atoms with E-state index in [0.29, 0.717) is 18.8 Å². The summed E-state index contributed by atoms with van der Waals surface area (Å²) in [7, 11) is -3.56. The second-order valence-electron chi connectivity index (χ2n) is 6.72. The summed E-state index contributed by atoms with van der Waals surface area (Å²) in [6, 6.07) is 17.7. The van der Waals surface area contributed by atoms with Gasteiger partial charge < -0.3 is 15.1 Å². The molecule has 8 nitrogen and oxygen atoms in total. The minimum atomic E-state index is -3.56. The second-order valence-corrected chi connectivity index (χ2v) is 8.71. The maximum absolute atomic E-state index is 12.4. The highest BCUT2D eigenvalue weighted by molar-refractivity contribution is 7.90. The Bertz CT molecular complexity index is 1170. The van der Waals surface area contributed by atoms with Crippen molar-refractivity contribution in [1.29, 1.82) is 0 Å². The van der Waals surface area contributed by atoms with Crippen LogP contribution in [0.1, 0.15) is 16.3 Å². The molecule has 0 unspecified atom stereocenters. The molecule has 3 amide bonds. The van der Waals surface area contributed by atoms with Gasteiger partial charge in [0.25, 0.3) is 5.91 Å². The van der Waals surface area contributed by atoms with Gasteiger partial charge in [0.15, 0.2) is 15.6 Å². The molecular formula is C21H19N3O5S. The molecule has 0 radical (unpaired) electrons. The summed E-state index contributed by atoms with van der Waals surface area (Å²) in [4.78, 5) is 25.9. The second kappa shape index (κ2) is 8.03. The Hall–Kier alpha value is -3.59. The van der Waals surface area contributed by atoms with Crippen LogP contribution in [0, 0.1) is 0 Å². The average molecular weight is 425 g/mol. The van der Waals surface area contributed by atoms with Gasteiger partial charge in [0.2, 0.25) is 0 Å². The summed E-state index contributed by atoms with van der Waals surface area (Å²) < 4.78 is 30.3. The SMILES string of the molecule is O=C(Nc1ccc(N2CCNC2=O)cc1)c1ccc(CS(=O)(=O)c2ccccc2)o1. The highest BCUT2D eigenvalue weighted by Gasteiger charge is 2.21. The van der Waals surface area contributed by atoms with Crippen molar-refractivity contribution in [2.75, 3.05) is 23.3 Å². The maximum atomic E-state index is 12.4. The first kappa shape index (κ1) is 19.7. The van der Waals surface area contributed by atoms with E-state index in [1.165, 1.54) is 24.3 Å². The molecule has 0 aliphatic carbocycles. The van der Waals surface area contributed by atoms with Crippen molar-refractivity contribution in [2.45, 2.75) is 10.6 Å². The van der Waals surface area contributed by atoms with Crippen LogP contribution in [-0.2, 0) is 15.6 Å². The van der Waals surface area contributed by atoms with Crippen LogP contribution >= 0.6 is 0 Å². The molecule has 1 aromatic heterocycles. The fourth-order valence-electron chi connectivity index (χ4n) is 3.11.